The zero-order valence-electron chi connectivity index (χ0n) is 13.4. The summed E-state index contributed by atoms with van der Waals surface area (Å²) in [5.74, 6) is -0.992. The van der Waals surface area contributed by atoms with Crippen LogP contribution in [0.15, 0.2) is 18.3 Å². The molecular formula is C16H20N4O4. The Kier molecular flexibility index (Phi) is 5.17. The Morgan fingerprint density at radius 2 is 2.00 bits per heavy atom. The van der Waals surface area contributed by atoms with Crippen molar-refractivity contribution < 1.29 is 19.1 Å². The number of carbonyl (C=O) groups excluding carboxylic acids is 3. The number of pyridine rings is 1. The molecule has 2 aliphatic rings. The van der Waals surface area contributed by atoms with Gasteiger partial charge >= 0.3 is 0 Å². The molecule has 0 radical (unpaired) electrons. The van der Waals surface area contributed by atoms with Crippen molar-refractivity contribution in [1.82, 2.24) is 20.1 Å². The Labute approximate surface area is 139 Å². The first-order valence-electron chi connectivity index (χ1n) is 8.05. The fraction of sp³-hybridized carbons (Fsp3) is 0.500. The van der Waals surface area contributed by atoms with Crippen molar-refractivity contribution in [3.8, 4) is 0 Å². The standard InChI is InChI=1S/C16H20N4O4/c21-13(17-5-7-19-8-10-24-11-9-19)3-6-20-15(22)12-2-1-4-18-14(12)16(20)23/h1-2,4H,3,5-11H2,(H,17,21). The van der Waals surface area contributed by atoms with E-state index in [1.165, 1.54) is 6.20 Å². The van der Waals surface area contributed by atoms with Crippen LogP contribution in [0, 0.1) is 0 Å². The number of carbonyl (C=O) groups is 3. The minimum absolute atomic E-state index is 0.0669. The first-order chi connectivity index (χ1) is 11.7. The molecule has 128 valence electrons. The molecule has 3 heterocycles. The number of rotatable bonds is 6. The van der Waals surface area contributed by atoms with Gasteiger partial charge in [0.2, 0.25) is 5.91 Å². The number of hydrogen-bond acceptors (Lipinski definition) is 6. The number of nitrogens with zero attached hydrogens (tertiary/aromatic N) is 3. The summed E-state index contributed by atoms with van der Waals surface area (Å²) in [6.45, 7) is 4.57. The lowest BCUT2D eigenvalue weighted by Crippen LogP contribution is -2.42. The number of amides is 3. The number of aromatic nitrogens is 1. The second kappa shape index (κ2) is 7.50. The van der Waals surface area contributed by atoms with Crippen molar-refractivity contribution in [2.24, 2.45) is 0 Å². The summed E-state index contributed by atoms with van der Waals surface area (Å²) in [6.07, 6.45) is 1.57. The molecule has 1 saturated heterocycles. The molecule has 0 spiro atoms. The average Bonchev–Trinajstić information content (AvgIpc) is 2.85. The topological polar surface area (TPSA) is 91.8 Å². The molecule has 2 aliphatic heterocycles. The Hall–Kier alpha value is -2.32. The Morgan fingerprint density at radius 1 is 1.21 bits per heavy atom. The first kappa shape index (κ1) is 16.5. The van der Waals surface area contributed by atoms with Crippen LogP contribution in [0.1, 0.15) is 27.3 Å². The normalized spacial score (nSPS) is 17.9. The van der Waals surface area contributed by atoms with Crippen molar-refractivity contribution >= 4 is 17.7 Å². The number of ether oxygens (including phenoxy) is 1. The lowest BCUT2D eigenvalue weighted by molar-refractivity contribution is -0.121. The van der Waals surface area contributed by atoms with E-state index in [-0.39, 0.29) is 30.5 Å². The second-order valence-corrected chi connectivity index (χ2v) is 5.72. The number of morpholine rings is 1. The minimum atomic E-state index is -0.434. The quantitative estimate of drug-likeness (QED) is 0.707. The van der Waals surface area contributed by atoms with Gasteiger partial charge in [-0.2, -0.15) is 0 Å². The molecule has 1 N–H and O–H groups in total. The molecule has 0 aromatic carbocycles. The van der Waals surface area contributed by atoms with Gasteiger partial charge in [0.25, 0.3) is 11.8 Å². The van der Waals surface area contributed by atoms with E-state index >= 15 is 0 Å². The number of nitrogens with one attached hydrogen (secondary N) is 1. The molecule has 0 unspecified atom stereocenters. The predicted octanol–water partition coefficient (Wildman–Crippen LogP) is -0.484. The predicted molar refractivity (Wildman–Crippen MR) is 84.5 cm³/mol. The number of hydrogen-bond donors (Lipinski definition) is 1. The molecule has 3 amide bonds. The minimum Gasteiger partial charge on any atom is -0.379 e. The van der Waals surface area contributed by atoms with E-state index in [1.54, 1.807) is 12.1 Å². The third-order valence-corrected chi connectivity index (χ3v) is 4.15. The van der Waals surface area contributed by atoms with Crippen LogP contribution < -0.4 is 5.32 Å². The lowest BCUT2D eigenvalue weighted by Gasteiger charge is -2.26. The van der Waals surface area contributed by atoms with E-state index in [0.29, 0.717) is 12.1 Å². The molecule has 8 heteroatoms. The Morgan fingerprint density at radius 3 is 2.75 bits per heavy atom. The molecule has 0 aliphatic carbocycles. The summed E-state index contributed by atoms with van der Waals surface area (Å²) in [4.78, 5) is 43.4. The zero-order chi connectivity index (χ0) is 16.9. The van der Waals surface area contributed by atoms with Gasteiger partial charge in [-0.15, -0.1) is 0 Å². The summed E-state index contributed by atoms with van der Waals surface area (Å²) >= 11 is 0. The average molecular weight is 332 g/mol. The Bertz CT molecular complexity index is 608. The molecule has 3 rings (SSSR count). The van der Waals surface area contributed by atoms with E-state index in [1.807, 2.05) is 0 Å². The van der Waals surface area contributed by atoms with E-state index in [0.717, 1.165) is 37.7 Å². The van der Waals surface area contributed by atoms with E-state index in [4.69, 9.17) is 4.74 Å². The van der Waals surface area contributed by atoms with Crippen LogP contribution in [0.2, 0.25) is 0 Å². The Balaban J connectivity index is 1.42. The van der Waals surface area contributed by atoms with Crippen molar-refractivity contribution in [2.45, 2.75) is 6.42 Å². The first-order valence-corrected chi connectivity index (χ1v) is 8.05. The molecule has 0 bridgehead atoms. The van der Waals surface area contributed by atoms with Gasteiger partial charge in [0.15, 0.2) is 0 Å². The van der Waals surface area contributed by atoms with Crippen LogP contribution in [-0.4, -0.2) is 78.4 Å². The van der Waals surface area contributed by atoms with Gasteiger partial charge in [-0.1, -0.05) is 0 Å². The molecule has 1 aromatic rings. The lowest BCUT2D eigenvalue weighted by atomic mass is 10.2. The molecular weight excluding hydrogens is 312 g/mol. The summed E-state index contributed by atoms with van der Waals surface area (Å²) < 4.78 is 5.27. The monoisotopic (exact) mass is 332 g/mol. The van der Waals surface area contributed by atoms with Crippen LogP contribution in [-0.2, 0) is 9.53 Å². The highest BCUT2D eigenvalue weighted by molar-refractivity contribution is 6.20. The van der Waals surface area contributed by atoms with Crippen LogP contribution in [0.4, 0.5) is 0 Å². The largest absolute Gasteiger partial charge is 0.379 e. The van der Waals surface area contributed by atoms with E-state index in [9.17, 15) is 14.4 Å². The van der Waals surface area contributed by atoms with Gasteiger partial charge in [0, 0.05) is 45.3 Å². The molecule has 24 heavy (non-hydrogen) atoms. The van der Waals surface area contributed by atoms with Crippen LogP contribution in [0.5, 0.6) is 0 Å². The zero-order valence-corrected chi connectivity index (χ0v) is 13.4. The SMILES string of the molecule is O=C(CCN1C(=O)c2cccnc2C1=O)NCCN1CCOCC1. The van der Waals surface area contributed by atoms with Crippen LogP contribution in [0.3, 0.4) is 0 Å². The molecule has 1 fully saturated rings. The highest BCUT2D eigenvalue weighted by Gasteiger charge is 2.36. The van der Waals surface area contributed by atoms with Crippen molar-refractivity contribution in [1.29, 1.82) is 0 Å². The summed E-state index contributed by atoms with van der Waals surface area (Å²) in [5, 5.41) is 2.82. The summed E-state index contributed by atoms with van der Waals surface area (Å²) in [7, 11) is 0. The third kappa shape index (κ3) is 3.60. The molecule has 0 saturated carbocycles. The van der Waals surface area contributed by atoms with Gasteiger partial charge in [-0.3, -0.25) is 29.2 Å². The van der Waals surface area contributed by atoms with Gasteiger partial charge in [-0.25, -0.2) is 0 Å². The molecule has 1 aromatic heterocycles. The van der Waals surface area contributed by atoms with Gasteiger partial charge in [0.05, 0.1) is 18.8 Å². The molecule has 0 atom stereocenters. The van der Waals surface area contributed by atoms with Crippen LogP contribution >= 0.6 is 0 Å². The van der Waals surface area contributed by atoms with E-state index < -0.39 is 5.91 Å². The van der Waals surface area contributed by atoms with Crippen molar-refractivity contribution in [2.75, 3.05) is 45.9 Å². The van der Waals surface area contributed by atoms with Gasteiger partial charge in [0.1, 0.15) is 5.69 Å². The van der Waals surface area contributed by atoms with Crippen molar-refractivity contribution in [3.05, 3.63) is 29.6 Å². The highest BCUT2D eigenvalue weighted by Crippen LogP contribution is 2.20. The summed E-state index contributed by atoms with van der Waals surface area (Å²) in [5.41, 5.74) is 0.463. The smallest absolute Gasteiger partial charge is 0.280 e. The van der Waals surface area contributed by atoms with Crippen molar-refractivity contribution in [3.63, 3.8) is 0 Å². The molecule has 8 nitrogen and oxygen atoms in total. The second-order valence-electron chi connectivity index (χ2n) is 5.72. The van der Waals surface area contributed by atoms with Gasteiger partial charge in [-0.05, 0) is 12.1 Å². The van der Waals surface area contributed by atoms with Gasteiger partial charge < -0.3 is 10.1 Å². The third-order valence-electron chi connectivity index (χ3n) is 4.15. The fourth-order valence-electron chi connectivity index (χ4n) is 2.80. The van der Waals surface area contributed by atoms with E-state index in [2.05, 4.69) is 15.2 Å². The van der Waals surface area contributed by atoms with Crippen LogP contribution in [0.25, 0.3) is 0 Å². The highest BCUT2D eigenvalue weighted by atomic mass is 16.5. The summed E-state index contributed by atoms with van der Waals surface area (Å²) in [6, 6.07) is 3.19. The maximum atomic E-state index is 12.2. The maximum absolute atomic E-state index is 12.2. The fourth-order valence-corrected chi connectivity index (χ4v) is 2.80. The number of fused-ring (bicyclic) bond motifs is 1. The number of imide groups is 1. The maximum Gasteiger partial charge on any atom is 0.280 e.